The molecule has 28 heavy (non-hydrogen) atoms. The maximum absolute atomic E-state index is 13.3. The number of hydrogen-bond acceptors (Lipinski definition) is 5. The van der Waals surface area contributed by atoms with Gasteiger partial charge in [0, 0.05) is 31.5 Å². The zero-order valence-electron chi connectivity index (χ0n) is 15.6. The fraction of sp³-hybridized carbons (Fsp3) is 0.350. The normalized spacial score (nSPS) is 16.5. The summed E-state index contributed by atoms with van der Waals surface area (Å²) in [4.78, 5) is 14.9. The highest BCUT2D eigenvalue weighted by Gasteiger charge is 2.23. The second kappa shape index (κ2) is 8.81. The molecule has 1 heterocycles. The Labute approximate surface area is 164 Å². The summed E-state index contributed by atoms with van der Waals surface area (Å²) in [6.07, 6.45) is 1.12. The van der Waals surface area contributed by atoms with Crippen LogP contribution in [-0.2, 0) is 14.6 Å². The number of carbonyl (C=O) groups is 1. The number of ether oxygens (including phenoxy) is 1. The summed E-state index contributed by atoms with van der Waals surface area (Å²) in [5.74, 6) is -0.597. The van der Waals surface area contributed by atoms with Crippen molar-refractivity contribution in [3.8, 4) is 0 Å². The van der Waals surface area contributed by atoms with Gasteiger partial charge < -0.3 is 10.1 Å². The van der Waals surface area contributed by atoms with Crippen molar-refractivity contribution in [1.82, 2.24) is 10.2 Å². The number of nitrogens with one attached hydrogen (secondary N) is 1. The summed E-state index contributed by atoms with van der Waals surface area (Å²) in [5.41, 5.74) is 1.29. The average molecular weight is 406 g/mol. The first-order valence-corrected chi connectivity index (χ1v) is 10.9. The first-order valence-electron chi connectivity index (χ1n) is 9.00. The molecule has 1 atom stereocenters. The minimum atomic E-state index is -3.31. The van der Waals surface area contributed by atoms with Crippen molar-refractivity contribution in [2.75, 3.05) is 39.1 Å². The molecule has 0 bridgehead atoms. The molecule has 1 aliphatic heterocycles. The van der Waals surface area contributed by atoms with E-state index in [0.717, 1.165) is 24.9 Å². The van der Waals surface area contributed by atoms with E-state index in [1.54, 1.807) is 12.1 Å². The fourth-order valence-corrected chi connectivity index (χ4v) is 3.81. The highest BCUT2D eigenvalue weighted by Crippen LogP contribution is 2.22. The zero-order valence-corrected chi connectivity index (χ0v) is 16.4. The molecule has 2 aromatic carbocycles. The number of nitrogens with zero attached hydrogens (tertiary/aromatic N) is 1. The molecule has 8 heteroatoms. The summed E-state index contributed by atoms with van der Waals surface area (Å²) in [6.45, 7) is 3.01. The molecule has 2 aromatic rings. The monoisotopic (exact) mass is 406 g/mol. The molecule has 150 valence electrons. The fourth-order valence-electron chi connectivity index (χ4n) is 3.18. The summed E-state index contributed by atoms with van der Waals surface area (Å²) in [6, 6.07) is 12.0. The van der Waals surface area contributed by atoms with Crippen LogP contribution in [0.3, 0.4) is 0 Å². The third kappa shape index (κ3) is 5.15. The summed E-state index contributed by atoms with van der Waals surface area (Å²) < 4.78 is 41.8. The van der Waals surface area contributed by atoms with Gasteiger partial charge in [-0.15, -0.1) is 0 Å². The lowest BCUT2D eigenvalue weighted by Gasteiger charge is -2.35. The number of halogens is 1. The van der Waals surface area contributed by atoms with Gasteiger partial charge in [0.15, 0.2) is 9.84 Å². The maximum Gasteiger partial charge on any atom is 0.251 e. The molecule has 0 saturated carbocycles. The van der Waals surface area contributed by atoms with Crippen LogP contribution in [0.5, 0.6) is 0 Å². The Kier molecular flexibility index (Phi) is 6.43. The van der Waals surface area contributed by atoms with Gasteiger partial charge in [-0.25, -0.2) is 12.8 Å². The van der Waals surface area contributed by atoms with Gasteiger partial charge in [-0.2, -0.15) is 0 Å². The number of benzene rings is 2. The quantitative estimate of drug-likeness (QED) is 0.795. The van der Waals surface area contributed by atoms with E-state index in [9.17, 15) is 17.6 Å². The Morgan fingerprint density at radius 1 is 1.11 bits per heavy atom. The van der Waals surface area contributed by atoms with Gasteiger partial charge in [0.2, 0.25) is 0 Å². The Morgan fingerprint density at radius 2 is 1.71 bits per heavy atom. The Balaban J connectivity index is 1.72. The molecular formula is C20H23FN2O4S. The summed E-state index contributed by atoms with van der Waals surface area (Å²) >= 11 is 0. The van der Waals surface area contributed by atoms with Crippen molar-refractivity contribution in [3.05, 3.63) is 65.5 Å². The lowest BCUT2D eigenvalue weighted by Crippen LogP contribution is -2.43. The second-order valence-electron chi connectivity index (χ2n) is 6.72. The standard InChI is InChI=1S/C20H23FN2O4S/c1-28(25,26)18-8-4-16(5-9-18)20(24)22-14-19(23-10-12-27-13-11-23)15-2-6-17(21)7-3-15/h2-9,19H,10-14H2,1H3,(H,22,24). The Hall–Kier alpha value is -2.29. The number of morpholine rings is 1. The van der Waals surface area contributed by atoms with Crippen LogP contribution in [0.25, 0.3) is 0 Å². The second-order valence-corrected chi connectivity index (χ2v) is 8.74. The van der Waals surface area contributed by atoms with Crippen molar-refractivity contribution in [2.24, 2.45) is 0 Å². The van der Waals surface area contributed by atoms with E-state index in [1.165, 1.54) is 36.4 Å². The van der Waals surface area contributed by atoms with E-state index in [0.29, 0.717) is 25.3 Å². The van der Waals surface area contributed by atoms with Gasteiger partial charge in [0.25, 0.3) is 5.91 Å². The topological polar surface area (TPSA) is 75.7 Å². The van der Waals surface area contributed by atoms with Gasteiger partial charge in [0.05, 0.1) is 24.2 Å². The average Bonchev–Trinajstić information content (AvgIpc) is 2.69. The van der Waals surface area contributed by atoms with Gasteiger partial charge in [-0.1, -0.05) is 12.1 Å². The van der Waals surface area contributed by atoms with Crippen LogP contribution < -0.4 is 5.32 Å². The van der Waals surface area contributed by atoms with Crippen LogP contribution in [-0.4, -0.2) is 58.3 Å². The largest absolute Gasteiger partial charge is 0.379 e. The van der Waals surface area contributed by atoms with Crippen molar-refractivity contribution in [3.63, 3.8) is 0 Å². The molecule has 6 nitrogen and oxygen atoms in total. The predicted octanol–water partition coefficient (Wildman–Crippen LogP) is 2.03. The van der Waals surface area contributed by atoms with Gasteiger partial charge in [-0.05, 0) is 42.0 Å². The number of sulfone groups is 1. The van der Waals surface area contributed by atoms with Crippen molar-refractivity contribution >= 4 is 15.7 Å². The lowest BCUT2D eigenvalue weighted by molar-refractivity contribution is 0.0162. The van der Waals surface area contributed by atoms with E-state index in [4.69, 9.17) is 4.74 Å². The first kappa shape index (κ1) is 20.4. The highest BCUT2D eigenvalue weighted by atomic mass is 32.2. The summed E-state index contributed by atoms with van der Waals surface area (Å²) in [5, 5.41) is 2.90. The molecular weight excluding hydrogens is 383 g/mol. The minimum Gasteiger partial charge on any atom is -0.379 e. The van der Waals surface area contributed by atoms with Gasteiger partial charge in [0.1, 0.15) is 5.82 Å². The van der Waals surface area contributed by atoms with Crippen LogP contribution in [0.1, 0.15) is 22.0 Å². The van der Waals surface area contributed by atoms with Crippen LogP contribution in [0.15, 0.2) is 53.4 Å². The van der Waals surface area contributed by atoms with Crippen molar-refractivity contribution < 1.29 is 22.3 Å². The molecule has 1 N–H and O–H groups in total. The molecule has 1 fully saturated rings. The molecule has 3 rings (SSSR count). The maximum atomic E-state index is 13.3. The van der Waals surface area contributed by atoms with E-state index in [1.807, 2.05) is 0 Å². The van der Waals surface area contributed by atoms with Crippen LogP contribution in [0.2, 0.25) is 0 Å². The number of rotatable bonds is 6. The molecule has 0 spiro atoms. The van der Waals surface area contributed by atoms with Gasteiger partial charge in [-0.3, -0.25) is 9.69 Å². The third-order valence-electron chi connectivity index (χ3n) is 4.74. The molecule has 0 radical (unpaired) electrons. The van der Waals surface area contributed by atoms with Crippen molar-refractivity contribution in [1.29, 1.82) is 0 Å². The van der Waals surface area contributed by atoms with E-state index in [-0.39, 0.29) is 22.7 Å². The molecule has 1 saturated heterocycles. The molecule has 0 aliphatic carbocycles. The summed E-state index contributed by atoms with van der Waals surface area (Å²) in [7, 11) is -3.31. The Morgan fingerprint density at radius 3 is 2.29 bits per heavy atom. The molecule has 1 aliphatic rings. The van der Waals surface area contributed by atoms with Crippen molar-refractivity contribution in [2.45, 2.75) is 10.9 Å². The van der Waals surface area contributed by atoms with Crippen LogP contribution in [0, 0.1) is 5.82 Å². The predicted molar refractivity (Wildman–Crippen MR) is 103 cm³/mol. The number of hydrogen-bond donors (Lipinski definition) is 1. The van der Waals surface area contributed by atoms with E-state index in [2.05, 4.69) is 10.2 Å². The molecule has 0 aromatic heterocycles. The highest BCUT2D eigenvalue weighted by molar-refractivity contribution is 7.90. The zero-order chi connectivity index (χ0) is 20.1. The van der Waals surface area contributed by atoms with Crippen LogP contribution >= 0.6 is 0 Å². The SMILES string of the molecule is CS(=O)(=O)c1ccc(C(=O)NCC(c2ccc(F)cc2)N2CCOCC2)cc1. The van der Waals surface area contributed by atoms with E-state index < -0.39 is 9.84 Å². The lowest BCUT2D eigenvalue weighted by atomic mass is 10.0. The van der Waals surface area contributed by atoms with E-state index >= 15 is 0 Å². The van der Waals surface area contributed by atoms with Crippen LogP contribution in [0.4, 0.5) is 4.39 Å². The molecule has 1 amide bonds. The van der Waals surface area contributed by atoms with Gasteiger partial charge >= 0.3 is 0 Å². The minimum absolute atomic E-state index is 0.108. The number of carbonyl (C=O) groups excluding carboxylic acids is 1. The smallest absolute Gasteiger partial charge is 0.251 e. The first-order chi connectivity index (χ1) is 13.3. The third-order valence-corrected chi connectivity index (χ3v) is 5.87. The number of amides is 1. The Bertz CT molecular complexity index is 908. The molecule has 1 unspecified atom stereocenters.